The highest BCUT2D eigenvalue weighted by molar-refractivity contribution is 7.16. The number of nitrogens with one attached hydrogen (secondary N) is 1. The Hall–Kier alpha value is -4.03. The number of oxazole rings is 1. The van der Waals surface area contributed by atoms with Gasteiger partial charge in [-0.2, -0.15) is 9.78 Å². The largest absolute Gasteiger partial charge is 0.465 e. The number of hydrogen-bond acceptors (Lipinski definition) is 10. The molecule has 38 heavy (non-hydrogen) atoms. The molecule has 0 unspecified atom stereocenters. The number of pyridine rings is 1. The first-order chi connectivity index (χ1) is 18.0. The maximum atomic E-state index is 13.3. The van der Waals surface area contributed by atoms with Gasteiger partial charge in [-0.15, -0.1) is 11.3 Å². The first kappa shape index (κ1) is 27.0. The lowest BCUT2D eigenvalue weighted by Crippen LogP contribution is -2.30. The van der Waals surface area contributed by atoms with Crippen LogP contribution in [0.3, 0.4) is 0 Å². The molecule has 13 heteroatoms. The summed E-state index contributed by atoms with van der Waals surface area (Å²) in [5, 5.41) is 7.64. The van der Waals surface area contributed by atoms with Gasteiger partial charge in [0.15, 0.2) is 6.39 Å². The van der Waals surface area contributed by atoms with Gasteiger partial charge < -0.3 is 19.0 Å². The number of nitrogens with zero attached hydrogens (tertiary/aromatic N) is 4. The summed E-state index contributed by atoms with van der Waals surface area (Å²) in [5.41, 5.74) is -1.47. The molecule has 4 heterocycles. The van der Waals surface area contributed by atoms with Crippen molar-refractivity contribution < 1.29 is 23.5 Å². The number of thiophene rings is 1. The summed E-state index contributed by atoms with van der Waals surface area (Å²) in [6, 6.07) is 6.69. The molecule has 0 atom stereocenters. The summed E-state index contributed by atoms with van der Waals surface area (Å²) in [6.45, 7) is 5.27. The minimum atomic E-state index is -0.910. The van der Waals surface area contributed by atoms with Gasteiger partial charge in [-0.25, -0.2) is 9.78 Å². The molecule has 11 nitrogen and oxygen atoms in total. The van der Waals surface area contributed by atoms with Crippen molar-refractivity contribution in [3.05, 3.63) is 73.9 Å². The highest BCUT2D eigenvalue weighted by Crippen LogP contribution is 2.29. The van der Waals surface area contributed by atoms with E-state index in [1.165, 1.54) is 34.5 Å². The van der Waals surface area contributed by atoms with Gasteiger partial charge in [0.2, 0.25) is 5.78 Å². The van der Waals surface area contributed by atoms with Crippen LogP contribution in [0.4, 0.5) is 5.82 Å². The van der Waals surface area contributed by atoms with Gasteiger partial charge in [0, 0.05) is 28.1 Å². The molecule has 0 saturated heterocycles. The van der Waals surface area contributed by atoms with Crippen molar-refractivity contribution in [1.82, 2.24) is 19.3 Å². The molecule has 0 aromatic carbocycles. The summed E-state index contributed by atoms with van der Waals surface area (Å²) >= 11 is 7.42. The highest BCUT2D eigenvalue weighted by atomic mass is 35.5. The van der Waals surface area contributed by atoms with E-state index in [2.05, 4.69) is 15.4 Å². The zero-order valence-corrected chi connectivity index (χ0v) is 22.6. The van der Waals surface area contributed by atoms with Gasteiger partial charge in [0.1, 0.15) is 23.3 Å². The van der Waals surface area contributed by atoms with Gasteiger partial charge >= 0.3 is 5.97 Å². The number of carbonyl (C=O) groups is 3. The fraction of sp³-hybridized carbons (Fsp3) is 0.280. The third-order valence-electron chi connectivity index (χ3n) is 5.48. The Bertz CT molecular complexity index is 1560. The minimum Gasteiger partial charge on any atom is -0.465 e. The van der Waals surface area contributed by atoms with Crippen molar-refractivity contribution in [3.8, 4) is 11.3 Å². The molecule has 0 aliphatic rings. The number of Topliss-reactive ketones (excluding diaryl/α,β-unsaturated/α-hetero) is 1. The van der Waals surface area contributed by atoms with E-state index in [1.54, 1.807) is 32.9 Å². The molecule has 0 saturated carbocycles. The van der Waals surface area contributed by atoms with Crippen LogP contribution in [0.1, 0.15) is 51.3 Å². The van der Waals surface area contributed by atoms with Crippen LogP contribution < -0.4 is 10.9 Å². The number of esters is 1. The van der Waals surface area contributed by atoms with E-state index < -0.39 is 22.7 Å². The van der Waals surface area contributed by atoms with Crippen LogP contribution in [0.5, 0.6) is 0 Å². The minimum absolute atomic E-state index is 0.0442. The van der Waals surface area contributed by atoms with Crippen LogP contribution >= 0.6 is 22.9 Å². The van der Waals surface area contributed by atoms with Crippen LogP contribution in [-0.2, 0) is 17.8 Å². The number of ketones is 1. The normalized spacial score (nSPS) is 11.4. The Labute approximate surface area is 226 Å². The molecule has 4 aromatic rings. The second-order valence-electron chi connectivity index (χ2n) is 9.27. The highest BCUT2D eigenvalue weighted by Gasteiger charge is 2.29. The van der Waals surface area contributed by atoms with Crippen LogP contribution in [0.15, 0.2) is 52.3 Å². The van der Waals surface area contributed by atoms with Crippen LogP contribution in [0, 0.1) is 5.41 Å². The molecule has 0 radical (unpaired) electrons. The Morgan fingerprint density at radius 1 is 1.21 bits per heavy atom. The van der Waals surface area contributed by atoms with Gasteiger partial charge in [-0.3, -0.25) is 14.4 Å². The molecule has 0 aliphatic carbocycles. The fourth-order valence-electron chi connectivity index (χ4n) is 3.53. The Balaban J connectivity index is 1.77. The van der Waals surface area contributed by atoms with E-state index >= 15 is 0 Å². The number of anilines is 1. The van der Waals surface area contributed by atoms with Crippen LogP contribution in [-0.4, -0.2) is 44.1 Å². The van der Waals surface area contributed by atoms with E-state index in [9.17, 15) is 19.2 Å². The van der Waals surface area contributed by atoms with E-state index in [1.807, 2.05) is 6.07 Å². The quantitative estimate of drug-likeness (QED) is 0.247. The lowest BCUT2D eigenvalue weighted by molar-refractivity contribution is 0.0598. The zero-order chi connectivity index (χ0) is 27.6. The van der Waals surface area contributed by atoms with Crippen LogP contribution in [0.25, 0.3) is 11.3 Å². The summed E-state index contributed by atoms with van der Waals surface area (Å²) in [6.07, 6.45) is 3.64. The smallest absolute Gasteiger partial charge is 0.344 e. The average Bonchev–Trinajstić information content (AvgIpc) is 3.63. The predicted octanol–water partition coefficient (Wildman–Crippen LogP) is 4.38. The van der Waals surface area contributed by atoms with Crippen molar-refractivity contribution in [2.75, 3.05) is 12.4 Å². The van der Waals surface area contributed by atoms with Crippen molar-refractivity contribution in [3.63, 3.8) is 0 Å². The molecular formula is C25H24ClN5O6S. The monoisotopic (exact) mass is 557 g/mol. The van der Waals surface area contributed by atoms with Gasteiger partial charge in [-0.1, -0.05) is 32.4 Å². The number of methoxy groups -OCH3 is 1. The number of aromatic nitrogens is 4. The topological polar surface area (TPSA) is 138 Å². The van der Waals surface area contributed by atoms with E-state index in [4.69, 9.17) is 20.8 Å². The van der Waals surface area contributed by atoms with Gasteiger partial charge in [0.05, 0.1) is 30.2 Å². The zero-order valence-electron chi connectivity index (χ0n) is 21.0. The van der Waals surface area contributed by atoms with Gasteiger partial charge in [0.25, 0.3) is 11.5 Å². The molecule has 4 rings (SSSR count). The Morgan fingerprint density at radius 3 is 2.58 bits per heavy atom. The molecule has 0 aliphatic heterocycles. The Kier molecular flexibility index (Phi) is 7.65. The molecule has 0 amide bonds. The first-order valence-electron chi connectivity index (χ1n) is 11.4. The third kappa shape index (κ3) is 5.60. The molecule has 4 aromatic heterocycles. The molecule has 0 fully saturated rings. The SMILES string of the molecule is COC(=O)c1c(-c2cc(NCc3ccc(Cl)s3)n(C(=O)C(C)(C)C)n2)ccn(CC(=O)c2cocn2)c1=O. The van der Waals surface area contributed by atoms with E-state index in [0.717, 1.165) is 22.9 Å². The average molecular weight is 558 g/mol. The van der Waals surface area contributed by atoms with Crippen molar-refractivity contribution >= 4 is 46.4 Å². The summed E-state index contributed by atoms with van der Waals surface area (Å²) in [7, 11) is 1.14. The number of halogens is 1. The predicted molar refractivity (Wildman–Crippen MR) is 141 cm³/mol. The number of ether oxygens (including phenoxy) is 1. The maximum Gasteiger partial charge on any atom is 0.344 e. The molecule has 0 bridgehead atoms. The lowest BCUT2D eigenvalue weighted by Gasteiger charge is -2.18. The van der Waals surface area contributed by atoms with Crippen molar-refractivity contribution in [2.45, 2.75) is 33.9 Å². The first-order valence-corrected chi connectivity index (χ1v) is 12.6. The Morgan fingerprint density at radius 2 is 1.97 bits per heavy atom. The number of hydrogen-bond donors (Lipinski definition) is 1. The maximum absolute atomic E-state index is 13.3. The second-order valence-corrected chi connectivity index (χ2v) is 11.1. The molecule has 1 N–H and O–H groups in total. The molecule has 198 valence electrons. The number of rotatable bonds is 8. The standard InChI is InChI=1S/C25H24ClN5O6S/c1-25(2,3)24(35)31-20(27-10-14-5-6-19(26)38-14)9-16(29-31)15-7-8-30(22(33)21(15)23(34)36-4)11-18(32)17-12-37-13-28-17/h5-9,12-13,27H,10-11H2,1-4H3. The second kappa shape index (κ2) is 10.8. The third-order valence-corrected chi connectivity index (χ3v) is 6.71. The van der Waals surface area contributed by atoms with Crippen molar-refractivity contribution in [1.29, 1.82) is 0 Å². The van der Waals surface area contributed by atoms with Gasteiger partial charge in [-0.05, 0) is 18.2 Å². The molecular weight excluding hydrogens is 534 g/mol. The van der Waals surface area contributed by atoms with E-state index in [-0.39, 0.29) is 35.0 Å². The summed E-state index contributed by atoms with van der Waals surface area (Å²) in [4.78, 5) is 56.4. The van der Waals surface area contributed by atoms with Crippen molar-refractivity contribution in [2.24, 2.45) is 5.41 Å². The van der Waals surface area contributed by atoms with E-state index in [0.29, 0.717) is 16.7 Å². The summed E-state index contributed by atoms with van der Waals surface area (Å²) in [5.74, 6) is -1.33. The summed E-state index contributed by atoms with van der Waals surface area (Å²) < 4.78 is 12.6. The van der Waals surface area contributed by atoms with Crippen LogP contribution in [0.2, 0.25) is 4.34 Å². The number of carbonyl (C=O) groups excluding carboxylic acids is 3. The fourth-order valence-corrected chi connectivity index (χ4v) is 4.56. The molecule has 0 spiro atoms. The lowest BCUT2D eigenvalue weighted by atomic mass is 9.96.